The van der Waals surface area contributed by atoms with E-state index >= 15 is 0 Å². The largest absolute Gasteiger partial charge is 0.306 e. The highest BCUT2D eigenvalue weighted by Crippen LogP contribution is 2.24. The number of likely N-dealkylation sites (tertiary alicyclic amines) is 1. The van der Waals surface area contributed by atoms with E-state index in [1.807, 2.05) is 11.7 Å². The lowest BCUT2D eigenvalue weighted by molar-refractivity contribution is 0.172. The second kappa shape index (κ2) is 7.05. The minimum Gasteiger partial charge on any atom is -0.306 e. The molecule has 0 amide bonds. The van der Waals surface area contributed by atoms with Crippen LogP contribution in [0.4, 0.5) is 0 Å². The number of aromatic nitrogens is 2. The molecule has 2 heterocycles. The molecule has 0 unspecified atom stereocenters. The van der Waals surface area contributed by atoms with E-state index < -0.39 is 0 Å². The Balaban J connectivity index is 1.91. The summed E-state index contributed by atoms with van der Waals surface area (Å²) in [5.41, 5.74) is 2.45. The molecule has 4 nitrogen and oxygen atoms in total. The zero-order valence-corrected chi connectivity index (χ0v) is 14.8. The lowest BCUT2D eigenvalue weighted by atomic mass is 9.96. The second-order valence-corrected chi connectivity index (χ2v) is 6.92. The highest BCUT2D eigenvalue weighted by Gasteiger charge is 2.20. The summed E-state index contributed by atoms with van der Waals surface area (Å²) in [5.74, 6) is 0.842. The molecule has 0 aliphatic carbocycles. The van der Waals surface area contributed by atoms with Gasteiger partial charge >= 0.3 is 0 Å². The molecule has 0 bridgehead atoms. The van der Waals surface area contributed by atoms with Gasteiger partial charge in [0.1, 0.15) is 0 Å². The van der Waals surface area contributed by atoms with Crippen molar-refractivity contribution in [3.63, 3.8) is 0 Å². The molecule has 0 radical (unpaired) electrons. The Labute approximate surface area is 131 Å². The summed E-state index contributed by atoms with van der Waals surface area (Å²) in [6, 6.07) is 0. The fourth-order valence-corrected chi connectivity index (χ4v) is 3.74. The van der Waals surface area contributed by atoms with Crippen LogP contribution in [0.15, 0.2) is 4.47 Å². The van der Waals surface area contributed by atoms with Gasteiger partial charge in [0.15, 0.2) is 0 Å². The Morgan fingerprint density at radius 3 is 2.50 bits per heavy atom. The van der Waals surface area contributed by atoms with Crippen LogP contribution in [-0.4, -0.2) is 53.3 Å². The van der Waals surface area contributed by atoms with Crippen molar-refractivity contribution in [2.75, 3.05) is 33.7 Å². The molecule has 0 saturated carbocycles. The van der Waals surface area contributed by atoms with Gasteiger partial charge in [-0.2, -0.15) is 5.10 Å². The maximum Gasteiger partial charge on any atom is 0.0767 e. The van der Waals surface area contributed by atoms with Crippen molar-refractivity contribution in [3.05, 3.63) is 15.9 Å². The highest BCUT2D eigenvalue weighted by molar-refractivity contribution is 9.10. The molecule has 1 fully saturated rings. The van der Waals surface area contributed by atoms with Crippen LogP contribution >= 0.6 is 15.9 Å². The van der Waals surface area contributed by atoms with Crippen molar-refractivity contribution < 1.29 is 0 Å². The van der Waals surface area contributed by atoms with Gasteiger partial charge < -0.3 is 9.80 Å². The summed E-state index contributed by atoms with van der Waals surface area (Å²) in [6.45, 7) is 6.80. The number of hydrogen-bond acceptors (Lipinski definition) is 3. The number of rotatable bonds is 5. The fourth-order valence-electron chi connectivity index (χ4n) is 3.00. The summed E-state index contributed by atoms with van der Waals surface area (Å²) in [6.07, 6.45) is 3.63. The fraction of sp³-hybridized carbons (Fsp3) is 0.800. The number of piperidine rings is 1. The Morgan fingerprint density at radius 1 is 1.30 bits per heavy atom. The lowest BCUT2D eigenvalue weighted by Gasteiger charge is -2.31. The van der Waals surface area contributed by atoms with Crippen molar-refractivity contribution in [2.45, 2.75) is 32.7 Å². The Hall–Kier alpha value is -0.390. The van der Waals surface area contributed by atoms with E-state index in [1.165, 1.54) is 42.6 Å². The van der Waals surface area contributed by atoms with E-state index in [0.29, 0.717) is 0 Å². The van der Waals surface area contributed by atoms with Crippen LogP contribution in [0.1, 0.15) is 31.2 Å². The molecule has 1 aromatic heterocycles. The first-order valence-electron chi connectivity index (χ1n) is 7.58. The van der Waals surface area contributed by atoms with Crippen LogP contribution < -0.4 is 0 Å². The van der Waals surface area contributed by atoms with E-state index in [9.17, 15) is 0 Å². The summed E-state index contributed by atoms with van der Waals surface area (Å²) in [5, 5.41) is 4.57. The van der Waals surface area contributed by atoms with Gasteiger partial charge in [-0.3, -0.25) is 4.68 Å². The Morgan fingerprint density at radius 2 is 1.95 bits per heavy atom. The van der Waals surface area contributed by atoms with Crippen LogP contribution in [0.3, 0.4) is 0 Å². The zero-order valence-electron chi connectivity index (χ0n) is 13.2. The second-order valence-electron chi connectivity index (χ2n) is 6.13. The third kappa shape index (κ3) is 3.83. The zero-order chi connectivity index (χ0) is 14.7. The molecule has 0 N–H and O–H groups in total. The first-order valence-corrected chi connectivity index (χ1v) is 8.37. The van der Waals surface area contributed by atoms with Crippen LogP contribution in [-0.2, 0) is 20.0 Å². The van der Waals surface area contributed by atoms with Gasteiger partial charge in [0.05, 0.1) is 15.9 Å². The molecule has 1 aliphatic heterocycles. The molecule has 1 aliphatic rings. The van der Waals surface area contributed by atoms with Gasteiger partial charge in [-0.05, 0) is 68.3 Å². The molecule has 0 atom stereocenters. The third-order valence-corrected chi connectivity index (χ3v) is 5.25. The predicted octanol–water partition coefficient (Wildman–Crippen LogP) is 2.52. The average molecular weight is 343 g/mol. The van der Waals surface area contributed by atoms with Crippen molar-refractivity contribution >= 4 is 15.9 Å². The van der Waals surface area contributed by atoms with Crippen molar-refractivity contribution in [1.82, 2.24) is 19.6 Å². The number of hydrogen-bond donors (Lipinski definition) is 0. The average Bonchev–Trinajstić information content (AvgIpc) is 2.69. The normalized spacial score (nSPS) is 18.1. The molecule has 114 valence electrons. The molecule has 2 rings (SSSR count). The van der Waals surface area contributed by atoms with E-state index in [0.717, 1.165) is 24.6 Å². The smallest absolute Gasteiger partial charge is 0.0767 e. The van der Waals surface area contributed by atoms with Crippen molar-refractivity contribution in [2.24, 2.45) is 13.0 Å². The number of aryl methyl sites for hydroxylation is 2. The number of nitrogens with zero attached hydrogens (tertiary/aromatic N) is 4. The summed E-state index contributed by atoms with van der Waals surface area (Å²) < 4.78 is 3.21. The van der Waals surface area contributed by atoms with Crippen LogP contribution in [0.2, 0.25) is 0 Å². The molecule has 1 aromatic rings. The molecule has 5 heteroatoms. The molecule has 20 heavy (non-hydrogen) atoms. The molecular formula is C15H27BrN4. The summed E-state index contributed by atoms with van der Waals surface area (Å²) >= 11 is 3.71. The molecule has 0 spiro atoms. The maximum absolute atomic E-state index is 4.57. The van der Waals surface area contributed by atoms with Crippen molar-refractivity contribution in [3.8, 4) is 0 Å². The van der Waals surface area contributed by atoms with Gasteiger partial charge in [-0.1, -0.05) is 6.92 Å². The SMILES string of the molecule is CCc1nn(C)c(CN(C)CC2CCN(C)CC2)c1Br. The molecule has 0 aromatic carbocycles. The van der Waals surface area contributed by atoms with E-state index in [4.69, 9.17) is 0 Å². The first kappa shape index (κ1) is 16.0. The van der Waals surface area contributed by atoms with E-state index in [-0.39, 0.29) is 0 Å². The van der Waals surface area contributed by atoms with Gasteiger partial charge in [0, 0.05) is 20.1 Å². The topological polar surface area (TPSA) is 24.3 Å². The quantitative estimate of drug-likeness (QED) is 0.821. The molecule has 1 saturated heterocycles. The van der Waals surface area contributed by atoms with Gasteiger partial charge in [0.25, 0.3) is 0 Å². The first-order chi connectivity index (χ1) is 9.51. The van der Waals surface area contributed by atoms with E-state index in [1.54, 1.807) is 0 Å². The Kier molecular flexibility index (Phi) is 5.64. The van der Waals surface area contributed by atoms with Gasteiger partial charge in [-0.25, -0.2) is 0 Å². The maximum atomic E-state index is 4.57. The standard InChI is InChI=1S/C15H27BrN4/c1-5-13-15(16)14(20(4)17-13)11-19(3)10-12-6-8-18(2)9-7-12/h12H,5-11H2,1-4H3. The van der Waals surface area contributed by atoms with Crippen LogP contribution in [0, 0.1) is 5.92 Å². The third-order valence-electron chi connectivity index (χ3n) is 4.33. The predicted molar refractivity (Wildman–Crippen MR) is 86.8 cm³/mol. The van der Waals surface area contributed by atoms with Crippen molar-refractivity contribution in [1.29, 1.82) is 0 Å². The van der Waals surface area contributed by atoms with Gasteiger partial charge in [-0.15, -0.1) is 0 Å². The summed E-state index contributed by atoms with van der Waals surface area (Å²) in [7, 11) is 6.49. The minimum absolute atomic E-state index is 0.842. The van der Waals surface area contributed by atoms with E-state index in [2.05, 4.69) is 51.8 Å². The monoisotopic (exact) mass is 342 g/mol. The summed E-state index contributed by atoms with van der Waals surface area (Å²) in [4.78, 5) is 4.87. The Bertz CT molecular complexity index is 435. The minimum atomic E-state index is 0.842. The van der Waals surface area contributed by atoms with Crippen LogP contribution in [0.5, 0.6) is 0 Å². The molecular weight excluding hydrogens is 316 g/mol. The van der Waals surface area contributed by atoms with Crippen LogP contribution in [0.25, 0.3) is 0 Å². The highest BCUT2D eigenvalue weighted by atomic mass is 79.9. The van der Waals surface area contributed by atoms with Gasteiger partial charge in [0.2, 0.25) is 0 Å². The lowest BCUT2D eigenvalue weighted by Crippen LogP contribution is -2.35. The number of halogens is 1.